The molecule has 0 spiro atoms. The monoisotopic (exact) mass is 328 g/mol. The fourth-order valence-electron chi connectivity index (χ4n) is 3.10. The van der Waals surface area contributed by atoms with E-state index in [0.717, 1.165) is 40.2 Å². The van der Waals surface area contributed by atoms with Gasteiger partial charge in [-0.15, -0.1) is 0 Å². The fraction of sp³-hybridized carbons (Fsp3) is 0.143. The van der Waals surface area contributed by atoms with Crippen molar-refractivity contribution in [3.8, 4) is 16.8 Å². The summed E-state index contributed by atoms with van der Waals surface area (Å²) in [5.41, 5.74) is 5.54. The molecule has 0 aliphatic rings. The summed E-state index contributed by atoms with van der Waals surface area (Å²) < 4.78 is 2.14. The van der Waals surface area contributed by atoms with E-state index in [9.17, 15) is 0 Å². The lowest BCUT2D eigenvalue weighted by Gasteiger charge is -2.07. The quantitative estimate of drug-likeness (QED) is 0.583. The minimum Gasteiger partial charge on any atom is -0.370 e. The zero-order valence-corrected chi connectivity index (χ0v) is 14.4. The molecule has 2 aromatic heterocycles. The molecule has 2 aromatic carbocycles. The molecule has 0 saturated heterocycles. The molecule has 0 atom stereocenters. The summed E-state index contributed by atoms with van der Waals surface area (Å²) in [6.45, 7) is 4.99. The minimum atomic E-state index is 0.816. The van der Waals surface area contributed by atoms with Crippen molar-refractivity contribution in [3.63, 3.8) is 0 Å². The van der Waals surface area contributed by atoms with E-state index in [2.05, 4.69) is 88.4 Å². The molecule has 0 saturated carbocycles. The van der Waals surface area contributed by atoms with E-state index < -0.39 is 0 Å². The fourth-order valence-corrected chi connectivity index (χ4v) is 3.10. The van der Waals surface area contributed by atoms with Crippen molar-refractivity contribution in [2.45, 2.75) is 13.8 Å². The summed E-state index contributed by atoms with van der Waals surface area (Å²) in [4.78, 5) is 9.05. The molecule has 4 nitrogen and oxygen atoms in total. The highest BCUT2D eigenvalue weighted by Crippen LogP contribution is 2.35. The molecule has 4 aromatic rings. The summed E-state index contributed by atoms with van der Waals surface area (Å²) >= 11 is 0. The Labute approximate surface area is 147 Å². The minimum absolute atomic E-state index is 0.816. The van der Waals surface area contributed by atoms with Gasteiger partial charge in [-0.05, 0) is 31.5 Å². The number of hydrogen-bond acceptors (Lipinski definition) is 3. The number of rotatable bonds is 4. The van der Waals surface area contributed by atoms with E-state index in [-0.39, 0.29) is 0 Å². The first-order chi connectivity index (χ1) is 12.3. The lowest BCUT2D eigenvalue weighted by Crippen LogP contribution is -2.01. The van der Waals surface area contributed by atoms with Crippen LogP contribution in [0.2, 0.25) is 0 Å². The summed E-state index contributed by atoms with van der Waals surface area (Å²) in [5.74, 6) is 0.872. The Morgan fingerprint density at radius 2 is 1.72 bits per heavy atom. The van der Waals surface area contributed by atoms with Crippen molar-refractivity contribution >= 4 is 16.9 Å². The molecule has 4 heteroatoms. The predicted molar refractivity (Wildman–Crippen MR) is 103 cm³/mol. The molecule has 0 radical (unpaired) electrons. The van der Waals surface area contributed by atoms with E-state index >= 15 is 0 Å². The van der Waals surface area contributed by atoms with Crippen LogP contribution in [0.4, 0.5) is 5.82 Å². The van der Waals surface area contributed by atoms with E-state index in [0.29, 0.717) is 0 Å². The number of aryl methyl sites for hydroxylation is 1. The van der Waals surface area contributed by atoms with Gasteiger partial charge < -0.3 is 9.88 Å². The Morgan fingerprint density at radius 1 is 0.960 bits per heavy atom. The van der Waals surface area contributed by atoms with Crippen LogP contribution in [0.5, 0.6) is 0 Å². The van der Waals surface area contributed by atoms with E-state index in [4.69, 9.17) is 0 Å². The maximum atomic E-state index is 4.58. The predicted octanol–water partition coefficient (Wildman–Crippen LogP) is 4.83. The van der Waals surface area contributed by atoms with Crippen LogP contribution in [0.15, 0.2) is 67.1 Å². The van der Waals surface area contributed by atoms with Gasteiger partial charge in [-0.2, -0.15) is 0 Å². The number of nitrogens with zero attached hydrogens (tertiary/aromatic N) is 3. The molecule has 0 amide bonds. The number of fused-ring (bicyclic) bond motifs is 1. The number of aromatic nitrogens is 3. The topological polar surface area (TPSA) is 42.7 Å². The molecule has 0 bridgehead atoms. The highest BCUT2D eigenvalue weighted by Gasteiger charge is 2.16. The van der Waals surface area contributed by atoms with Gasteiger partial charge in [0.25, 0.3) is 0 Å². The first-order valence-electron chi connectivity index (χ1n) is 8.50. The van der Waals surface area contributed by atoms with Crippen molar-refractivity contribution in [3.05, 3.63) is 72.7 Å². The van der Waals surface area contributed by atoms with Gasteiger partial charge in [0.1, 0.15) is 12.1 Å². The van der Waals surface area contributed by atoms with Crippen molar-refractivity contribution in [2.24, 2.45) is 0 Å². The first-order valence-corrected chi connectivity index (χ1v) is 8.50. The van der Waals surface area contributed by atoms with Crippen LogP contribution in [0.25, 0.3) is 27.8 Å². The van der Waals surface area contributed by atoms with E-state index in [1.807, 2.05) is 6.07 Å². The first kappa shape index (κ1) is 15.4. The van der Waals surface area contributed by atoms with Crippen LogP contribution >= 0.6 is 0 Å². The molecule has 0 aliphatic heterocycles. The molecule has 2 heterocycles. The normalized spacial score (nSPS) is 11.0. The molecule has 25 heavy (non-hydrogen) atoms. The van der Waals surface area contributed by atoms with Crippen molar-refractivity contribution in [2.75, 3.05) is 11.9 Å². The van der Waals surface area contributed by atoms with Crippen molar-refractivity contribution in [1.82, 2.24) is 14.5 Å². The van der Waals surface area contributed by atoms with E-state index in [1.54, 1.807) is 6.33 Å². The third kappa shape index (κ3) is 2.76. The van der Waals surface area contributed by atoms with Gasteiger partial charge in [-0.1, -0.05) is 48.0 Å². The van der Waals surface area contributed by atoms with Gasteiger partial charge in [0.15, 0.2) is 5.65 Å². The Bertz CT molecular complexity index is 1000. The van der Waals surface area contributed by atoms with Gasteiger partial charge in [0.2, 0.25) is 0 Å². The second-order valence-electron chi connectivity index (χ2n) is 6.07. The molecule has 124 valence electrons. The largest absolute Gasteiger partial charge is 0.370 e. The van der Waals surface area contributed by atoms with Gasteiger partial charge in [0, 0.05) is 24.0 Å². The van der Waals surface area contributed by atoms with Crippen LogP contribution in [0, 0.1) is 6.92 Å². The highest BCUT2D eigenvalue weighted by molar-refractivity contribution is 6.02. The third-order valence-electron chi connectivity index (χ3n) is 4.32. The van der Waals surface area contributed by atoms with Crippen LogP contribution < -0.4 is 5.32 Å². The van der Waals surface area contributed by atoms with Crippen molar-refractivity contribution in [1.29, 1.82) is 0 Å². The summed E-state index contributed by atoms with van der Waals surface area (Å²) in [5, 5.41) is 4.42. The number of nitrogens with one attached hydrogen (secondary N) is 1. The second kappa shape index (κ2) is 6.40. The third-order valence-corrected chi connectivity index (χ3v) is 4.32. The summed E-state index contributed by atoms with van der Waals surface area (Å²) in [6.07, 6.45) is 3.78. The standard InChI is InChI=1S/C21H20N4/c1-3-22-20-19-18(16-7-5-4-6-8-16)13-25(21(19)24-14-23-20)17-11-9-15(2)10-12-17/h4-14H,3H2,1-2H3,(H,22,23,24). The number of anilines is 1. The number of hydrogen-bond donors (Lipinski definition) is 1. The smallest absolute Gasteiger partial charge is 0.150 e. The molecule has 0 unspecified atom stereocenters. The average molecular weight is 328 g/mol. The highest BCUT2D eigenvalue weighted by atomic mass is 15.1. The molecule has 4 rings (SSSR count). The van der Waals surface area contributed by atoms with Crippen LogP contribution in [-0.4, -0.2) is 21.1 Å². The maximum Gasteiger partial charge on any atom is 0.150 e. The zero-order valence-electron chi connectivity index (χ0n) is 14.4. The van der Waals surface area contributed by atoms with Crippen molar-refractivity contribution < 1.29 is 0 Å². The van der Waals surface area contributed by atoms with Crippen LogP contribution in [0.3, 0.4) is 0 Å². The average Bonchev–Trinajstić information content (AvgIpc) is 3.04. The Hall–Kier alpha value is -3.14. The molecular weight excluding hydrogens is 308 g/mol. The molecule has 0 aliphatic carbocycles. The van der Waals surface area contributed by atoms with Crippen LogP contribution in [0.1, 0.15) is 12.5 Å². The molecular formula is C21H20N4. The van der Waals surface area contributed by atoms with Crippen LogP contribution in [-0.2, 0) is 0 Å². The van der Waals surface area contributed by atoms with E-state index in [1.165, 1.54) is 5.56 Å². The van der Waals surface area contributed by atoms with Gasteiger partial charge in [-0.3, -0.25) is 0 Å². The SMILES string of the molecule is CCNc1ncnc2c1c(-c1ccccc1)cn2-c1ccc(C)cc1. The Morgan fingerprint density at radius 3 is 2.44 bits per heavy atom. The summed E-state index contributed by atoms with van der Waals surface area (Å²) in [7, 11) is 0. The van der Waals surface area contributed by atoms with Gasteiger partial charge >= 0.3 is 0 Å². The maximum absolute atomic E-state index is 4.58. The molecule has 0 fully saturated rings. The summed E-state index contributed by atoms with van der Waals surface area (Å²) in [6, 6.07) is 18.9. The second-order valence-corrected chi connectivity index (χ2v) is 6.07. The van der Waals surface area contributed by atoms with Gasteiger partial charge in [-0.25, -0.2) is 9.97 Å². The number of benzene rings is 2. The molecule has 1 N–H and O–H groups in total. The lowest BCUT2D eigenvalue weighted by molar-refractivity contribution is 1.07. The van der Waals surface area contributed by atoms with Gasteiger partial charge in [0.05, 0.1) is 5.39 Å². The lowest BCUT2D eigenvalue weighted by atomic mass is 10.1. The Kier molecular flexibility index (Phi) is 3.94. The Balaban J connectivity index is 2.02. The zero-order chi connectivity index (χ0) is 17.2.